The molecule has 0 bridgehead atoms. The van der Waals surface area contributed by atoms with Gasteiger partial charge < -0.3 is 5.73 Å². The Balaban J connectivity index is 2.14. The van der Waals surface area contributed by atoms with Crippen LogP contribution in [-0.2, 0) is 6.42 Å². The predicted octanol–water partition coefficient (Wildman–Crippen LogP) is 3.40. The zero-order valence-electron chi connectivity index (χ0n) is 9.26. The maximum atomic E-state index is 13.6. The van der Waals surface area contributed by atoms with Crippen molar-refractivity contribution in [3.63, 3.8) is 0 Å². The van der Waals surface area contributed by atoms with Crippen molar-refractivity contribution in [1.82, 2.24) is 0 Å². The van der Waals surface area contributed by atoms with Crippen LogP contribution in [0.5, 0.6) is 0 Å². The van der Waals surface area contributed by atoms with Crippen LogP contribution in [0.25, 0.3) is 0 Å². The molecule has 0 aliphatic heterocycles. The minimum atomic E-state index is -0.185. The molecule has 2 unspecified atom stereocenters. The maximum absolute atomic E-state index is 13.6. The molecule has 0 radical (unpaired) electrons. The minimum absolute atomic E-state index is 0.185. The zero-order valence-corrected chi connectivity index (χ0v) is 10.0. The largest absolute Gasteiger partial charge is 0.330 e. The molecule has 1 aromatic carbocycles. The molecule has 1 aliphatic rings. The van der Waals surface area contributed by atoms with E-state index in [1.807, 2.05) is 0 Å². The monoisotopic (exact) mass is 241 g/mol. The summed E-state index contributed by atoms with van der Waals surface area (Å²) in [5.74, 6) is 0.852. The fourth-order valence-electron chi connectivity index (χ4n) is 2.68. The average Bonchev–Trinajstić information content (AvgIpc) is 2.71. The van der Waals surface area contributed by atoms with Crippen LogP contribution >= 0.6 is 11.6 Å². The molecule has 1 nitrogen and oxygen atoms in total. The number of nitrogens with two attached hydrogens (primary N) is 1. The van der Waals surface area contributed by atoms with Crippen LogP contribution in [0.1, 0.15) is 24.8 Å². The number of rotatable bonds is 3. The van der Waals surface area contributed by atoms with E-state index < -0.39 is 0 Å². The van der Waals surface area contributed by atoms with E-state index in [0.717, 1.165) is 12.8 Å². The Kier molecular flexibility index (Phi) is 3.82. The lowest BCUT2D eigenvalue weighted by Crippen LogP contribution is -2.20. The molecule has 2 rings (SSSR count). The molecule has 3 heteroatoms. The van der Waals surface area contributed by atoms with E-state index in [4.69, 9.17) is 17.3 Å². The third kappa shape index (κ3) is 2.38. The molecule has 1 aliphatic carbocycles. The Labute approximate surface area is 101 Å². The van der Waals surface area contributed by atoms with E-state index in [-0.39, 0.29) is 5.82 Å². The van der Waals surface area contributed by atoms with E-state index in [1.54, 1.807) is 12.1 Å². The lowest BCUT2D eigenvalue weighted by atomic mass is 9.89. The van der Waals surface area contributed by atoms with Crippen LogP contribution < -0.4 is 5.73 Å². The smallest absolute Gasteiger partial charge is 0.127 e. The molecule has 1 aromatic rings. The van der Waals surface area contributed by atoms with Gasteiger partial charge in [-0.25, -0.2) is 4.39 Å². The number of halogens is 2. The summed E-state index contributed by atoms with van der Waals surface area (Å²) >= 11 is 6.03. The second-order valence-electron chi connectivity index (χ2n) is 4.59. The molecule has 1 saturated carbocycles. The van der Waals surface area contributed by atoms with Gasteiger partial charge in [0.05, 0.1) is 0 Å². The van der Waals surface area contributed by atoms with Gasteiger partial charge in [-0.15, -0.1) is 0 Å². The first-order chi connectivity index (χ1) is 7.72. The standard InChI is InChI=1S/C13H17ClFN/c14-12-5-2-6-13(15)11(12)7-9-3-1-4-10(9)8-16/h2,5-6,9-10H,1,3-4,7-8,16H2. The van der Waals surface area contributed by atoms with Crippen molar-refractivity contribution in [2.75, 3.05) is 6.54 Å². The summed E-state index contributed by atoms with van der Waals surface area (Å²) < 4.78 is 13.6. The Bertz CT molecular complexity index is 347. The predicted molar refractivity (Wildman–Crippen MR) is 65.0 cm³/mol. The fourth-order valence-corrected chi connectivity index (χ4v) is 2.92. The van der Waals surface area contributed by atoms with Gasteiger partial charge in [0.25, 0.3) is 0 Å². The van der Waals surface area contributed by atoms with Crippen LogP contribution in [0.4, 0.5) is 4.39 Å². The molecule has 0 aromatic heterocycles. The van der Waals surface area contributed by atoms with Crippen LogP contribution in [0, 0.1) is 17.7 Å². The summed E-state index contributed by atoms with van der Waals surface area (Å²) in [6.07, 6.45) is 4.26. The van der Waals surface area contributed by atoms with Crippen molar-refractivity contribution in [1.29, 1.82) is 0 Å². The molecule has 1 fully saturated rings. The van der Waals surface area contributed by atoms with Crippen molar-refractivity contribution in [3.8, 4) is 0 Å². The molecule has 0 saturated heterocycles. The lowest BCUT2D eigenvalue weighted by molar-refractivity contribution is 0.389. The van der Waals surface area contributed by atoms with Gasteiger partial charge in [-0.05, 0) is 49.8 Å². The van der Waals surface area contributed by atoms with Gasteiger partial charge in [-0.3, -0.25) is 0 Å². The highest BCUT2D eigenvalue weighted by Crippen LogP contribution is 2.35. The first-order valence-electron chi connectivity index (χ1n) is 5.85. The second-order valence-corrected chi connectivity index (χ2v) is 5.00. The molecular weight excluding hydrogens is 225 g/mol. The van der Waals surface area contributed by atoms with Gasteiger partial charge in [0, 0.05) is 10.6 Å². The molecule has 0 spiro atoms. The Morgan fingerprint density at radius 3 is 2.75 bits per heavy atom. The molecule has 0 heterocycles. The zero-order chi connectivity index (χ0) is 11.5. The summed E-state index contributed by atoms with van der Waals surface area (Å²) in [5.41, 5.74) is 6.39. The number of hydrogen-bond donors (Lipinski definition) is 1. The Hall–Kier alpha value is -0.600. The van der Waals surface area contributed by atoms with Crippen LogP contribution in [-0.4, -0.2) is 6.54 Å². The molecule has 2 N–H and O–H groups in total. The number of benzene rings is 1. The molecular formula is C13H17ClFN. The minimum Gasteiger partial charge on any atom is -0.330 e. The Morgan fingerprint density at radius 1 is 1.31 bits per heavy atom. The van der Waals surface area contributed by atoms with E-state index in [9.17, 15) is 4.39 Å². The van der Waals surface area contributed by atoms with Gasteiger partial charge in [0.15, 0.2) is 0 Å². The van der Waals surface area contributed by atoms with E-state index in [0.29, 0.717) is 29.0 Å². The van der Waals surface area contributed by atoms with E-state index >= 15 is 0 Å². The molecule has 0 amide bonds. The third-order valence-corrected chi connectivity index (χ3v) is 4.00. The second kappa shape index (κ2) is 5.15. The molecule has 2 atom stereocenters. The number of hydrogen-bond acceptors (Lipinski definition) is 1. The summed E-state index contributed by atoms with van der Waals surface area (Å²) in [4.78, 5) is 0. The topological polar surface area (TPSA) is 26.0 Å². The van der Waals surface area contributed by atoms with E-state index in [1.165, 1.54) is 18.9 Å². The summed E-state index contributed by atoms with van der Waals surface area (Å²) in [7, 11) is 0. The molecule has 88 valence electrons. The SMILES string of the molecule is NCC1CCCC1Cc1c(F)cccc1Cl. The van der Waals surface area contributed by atoms with Crippen molar-refractivity contribution in [2.45, 2.75) is 25.7 Å². The maximum Gasteiger partial charge on any atom is 0.127 e. The van der Waals surface area contributed by atoms with Gasteiger partial charge >= 0.3 is 0 Å². The van der Waals surface area contributed by atoms with Gasteiger partial charge in [0.2, 0.25) is 0 Å². The Morgan fingerprint density at radius 2 is 2.06 bits per heavy atom. The van der Waals surface area contributed by atoms with Gasteiger partial charge in [-0.2, -0.15) is 0 Å². The lowest BCUT2D eigenvalue weighted by Gasteiger charge is -2.18. The first-order valence-corrected chi connectivity index (χ1v) is 6.23. The van der Waals surface area contributed by atoms with Crippen molar-refractivity contribution < 1.29 is 4.39 Å². The normalized spacial score (nSPS) is 24.9. The molecule has 16 heavy (non-hydrogen) atoms. The van der Waals surface area contributed by atoms with Crippen molar-refractivity contribution in [2.24, 2.45) is 17.6 Å². The average molecular weight is 242 g/mol. The first kappa shape index (κ1) is 11.9. The highest BCUT2D eigenvalue weighted by Gasteiger charge is 2.27. The highest BCUT2D eigenvalue weighted by atomic mass is 35.5. The summed E-state index contributed by atoms with van der Waals surface area (Å²) in [5, 5.41) is 0.544. The van der Waals surface area contributed by atoms with Crippen LogP contribution in [0.3, 0.4) is 0 Å². The summed E-state index contributed by atoms with van der Waals surface area (Å²) in [6, 6.07) is 4.89. The summed E-state index contributed by atoms with van der Waals surface area (Å²) in [6.45, 7) is 0.705. The third-order valence-electron chi connectivity index (χ3n) is 3.65. The van der Waals surface area contributed by atoms with Crippen LogP contribution in [0.15, 0.2) is 18.2 Å². The fraction of sp³-hybridized carbons (Fsp3) is 0.538. The van der Waals surface area contributed by atoms with Crippen molar-refractivity contribution >= 4 is 11.6 Å². The van der Waals surface area contributed by atoms with Gasteiger partial charge in [-0.1, -0.05) is 24.1 Å². The van der Waals surface area contributed by atoms with Crippen LogP contribution in [0.2, 0.25) is 5.02 Å². The van der Waals surface area contributed by atoms with Crippen molar-refractivity contribution in [3.05, 3.63) is 34.6 Å². The highest BCUT2D eigenvalue weighted by molar-refractivity contribution is 6.31. The quantitative estimate of drug-likeness (QED) is 0.863. The van der Waals surface area contributed by atoms with Gasteiger partial charge in [0.1, 0.15) is 5.82 Å². The van der Waals surface area contributed by atoms with E-state index in [2.05, 4.69) is 0 Å².